The van der Waals surface area contributed by atoms with Crippen molar-refractivity contribution in [2.24, 2.45) is 0 Å². The second kappa shape index (κ2) is 11.2. The fraction of sp³-hybridized carbons (Fsp3) is 0.222. The lowest BCUT2D eigenvalue weighted by molar-refractivity contribution is -0.140. The summed E-state index contributed by atoms with van der Waals surface area (Å²) in [6, 6.07) is 21.2. The summed E-state index contributed by atoms with van der Waals surface area (Å²) in [6.45, 7) is 0.391. The second-order valence-corrected chi connectivity index (χ2v) is 8.90. The van der Waals surface area contributed by atoms with Crippen molar-refractivity contribution in [1.82, 2.24) is 20.2 Å². The Morgan fingerprint density at radius 1 is 1.09 bits per heavy atom. The van der Waals surface area contributed by atoms with Gasteiger partial charge in [-0.15, -0.1) is 0 Å². The number of benzene rings is 2. The third-order valence-electron chi connectivity index (χ3n) is 5.88. The monoisotopic (exact) mass is 490 g/mol. The lowest BCUT2D eigenvalue weighted by Gasteiger charge is -2.27. The van der Waals surface area contributed by atoms with Crippen molar-refractivity contribution in [2.75, 3.05) is 13.6 Å². The number of nitrogens with zero attached hydrogens (tertiary/aromatic N) is 2. The summed E-state index contributed by atoms with van der Waals surface area (Å²) in [5.74, 6) is -0.883. The quantitative estimate of drug-likeness (QED) is 0.334. The summed E-state index contributed by atoms with van der Waals surface area (Å²) in [4.78, 5) is 35.0. The van der Waals surface area contributed by atoms with Crippen molar-refractivity contribution in [3.05, 3.63) is 101 Å². The molecule has 7 nitrogen and oxygen atoms in total. The predicted octanol–water partition coefficient (Wildman–Crippen LogP) is 3.62. The molecule has 4 aromatic rings. The van der Waals surface area contributed by atoms with E-state index in [1.165, 1.54) is 4.90 Å². The number of rotatable bonds is 9. The number of pyridine rings is 1. The van der Waals surface area contributed by atoms with Crippen molar-refractivity contribution < 1.29 is 14.7 Å². The van der Waals surface area contributed by atoms with E-state index in [9.17, 15) is 14.7 Å². The maximum atomic E-state index is 13.1. The van der Waals surface area contributed by atoms with Crippen molar-refractivity contribution >= 4 is 34.3 Å². The number of likely N-dealkylation sites (N-methyl/N-ethyl adjacent to an activating group) is 1. The molecule has 0 saturated carbocycles. The van der Waals surface area contributed by atoms with E-state index in [2.05, 4.69) is 15.3 Å². The Morgan fingerprint density at radius 2 is 1.86 bits per heavy atom. The minimum atomic E-state index is -1.42. The van der Waals surface area contributed by atoms with Crippen LogP contribution < -0.4 is 5.32 Å². The standard InChI is InChI=1S/C27H27ClN4O3/c1-32(14-12-21-9-5-6-13-29-21)27(35)25(33)23(15-18-7-3-2-4-8-18)31-26(34)24-17-19-16-20(28)10-11-22(19)30-24/h2-11,13,16-17,23,25,30,33H,12,14-15H2,1H3,(H,31,34)/t23-,25+/m0/s1. The zero-order chi connectivity index (χ0) is 24.8. The summed E-state index contributed by atoms with van der Waals surface area (Å²) >= 11 is 6.06. The van der Waals surface area contributed by atoms with Crippen LogP contribution in [0, 0.1) is 0 Å². The Bertz CT molecular complexity index is 1290. The van der Waals surface area contributed by atoms with Gasteiger partial charge in [0.2, 0.25) is 0 Å². The molecule has 4 rings (SSSR count). The summed E-state index contributed by atoms with van der Waals surface area (Å²) in [5, 5.41) is 15.3. The van der Waals surface area contributed by atoms with Gasteiger partial charge in [-0.25, -0.2) is 0 Å². The normalized spacial score (nSPS) is 12.8. The predicted molar refractivity (Wildman–Crippen MR) is 136 cm³/mol. The number of carbonyl (C=O) groups is 2. The Labute approximate surface area is 208 Å². The van der Waals surface area contributed by atoms with Crippen molar-refractivity contribution in [3.63, 3.8) is 0 Å². The number of aliphatic hydroxyl groups is 1. The molecule has 35 heavy (non-hydrogen) atoms. The zero-order valence-electron chi connectivity index (χ0n) is 19.3. The highest BCUT2D eigenvalue weighted by molar-refractivity contribution is 6.31. The molecule has 0 bridgehead atoms. The first-order valence-corrected chi connectivity index (χ1v) is 11.7. The van der Waals surface area contributed by atoms with Gasteiger partial charge in [0.05, 0.1) is 6.04 Å². The molecule has 0 spiro atoms. The van der Waals surface area contributed by atoms with Gasteiger partial charge in [-0.3, -0.25) is 14.6 Å². The third-order valence-corrected chi connectivity index (χ3v) is 6.12. The number of carbonyl (C=O) groups excluding carboxylic acids is 2. The molecule has 0 aliphatic carbocycles. The van der Waals surface area contributed by atoms with Crippen molar-refractivity contribution in [3.8, 4) is 0 Å². The molecule has 180 valence electrons. The minimum absolute atomic E-state index is 0.291. The van der Waals surface area contributed by atoms with E-state index in [4.69, 9.17) is 11.6 Å². The molecule has 0 fully saturated rings. The van der Waals surface area contributed by atoms with Crippen molar-refractivity contribution in [1.29, 1.82) is 0 Å². The number of fused-ring (bicyclic) bond motifs is 1. The second-order valence-electron chi connectivity index (χ2n) is 8.46. The van der Waals surface area contributed by atoms with Crippen LogP contribution in [-0.4, -0.2) is 57.5 Å². The van der Waals surface area contributed by atoms with E-state index >= 15 is 0 Å². The number of hydrogen-bond donors (Lipinski definition) is 3. The Morgan fingerprint density at radius 3 is 2.60 bits per heavy atom. The first-order valence-electron chi connectivity index (χ1n) is 11.4. The number of H-pyrrole nitrogens is 1. The molecule has 0 radical (unpaired) electrons. The Kier molecular flexibility index (Phi) is 7.80. The summed E-state index contributed by atoms with van der Waals surface area (Å²) in [5.41, 5.74) is 2.84. The van der Waals surface area contributed by atoms with Gasteiger partial charge in [0.25, 0.3) is 11.8 Å². The van der Waals surface area contributed by atoms with Crippen LogP contribution in [-0.2, 0) is 17.6 Å². The number of hydrogen-bond acceptors (Lipinski definition) is 4. The van der Waals surface area contributed by atoms with Crippen LogP contribution in [0.25, 0.3) is 10.9 Å². The first kappa shape index (κ1) is 24.4. The van der Waals surface area contributed by atoms with Crippen LogP contribution >= 0.6 is 11.6 Å². The molecule has 0 aliphatic heterocycles. The van der Waals surface area contributed by atoms with Gasteiger partial charge >= 0.3 is 0 Å². The van der Waals surface area contributed by atoms with Gasteiger partial charge in [0.1, 0.15) is 5.69 Å². The number of aromatic nitrogens is 2. The average Bonchev–Trinajstić information content (AvgIpc) is 3.30. The lowest BCUT2D eigenvalue weighted by atomic mass is 10.00. The van der Waals surface area contributed by atoms with Gasteiger partial charge in [-0.1, -0.05) is 48.0 Å². The summed E-state index contributed by atoms with van der Waals surface area (Å²) in [7, 11) is 1.64. The molecular formula is C27H27ClN4O3. The molecule has 0 unspecified atom stereocenters. The van der Waals surface area contributed by atoms with E-state index in [-0.39, 0.29) is 0 Å². The van der Waals surface area contributed by atoms with Crippen LogP contribution in [0.2, 0.25) is 5.02 Å². The van der Waals surface area contributed by atoms with Crippen LogP contribution in [0.4, 0.5) is 0 Å². The van der Waals surface area contributed by atoms with E-state index in [0.717, 1.165) is 22.2 Å². The molecule has 2 amide bonds. The highest BCUT2D eigenvalue weighted by Crippen LogP contribution is 2.20. The largest absolute Gasteiger partial charge is 0.381 e. The molecule has 0 aliphatic rings. The molecule has 0 saturated heterocycles. The molecule has 2 heterocycles. The molecule has 2 aromatic carbocycles. The van der Waals surface area contributed by atoms with Crippen LogP contribution in [0.5, 0.6) is 0 Å². The number of nitrogens with one attached hydrogen (secondary N) is 2. The van der Waals surface area contributed by atoms with Gasteiger partial charge in [-0.2, -0.15) is 0 Å². The Hall–Kier alpha value is -3.68. The lowest BCUT2D eigenvalue weighted by Crippen LogP contribution is -2.52. The number of halogens is 1. The van der Waals surface area contributed by atoms with Gasteiger partial charge in [0.15, 0.2) is 6.10 Å². The van der Waals surface area contributed by atoms with Crippen LogP contribution in [0.15, 0.2) is 79.0 Å². The molecule has 2 aromatic heterocycles. The molecular weight excluding hydrogens is 464 g/mol. The summed E-state index contributed by atoms with van der Waals surface area (Å²) in [6.07, 6.45) is 1.13. The molecule has 2 atom stereocenters. The number of aliphatic hydroxyl groups excluding tert-OH is 1. The smallest absolute Gasteiger partial charge is 0.268 e. The Balaban J connectivity index is 1.49. The van der Waals surface area contributed by atoms with Crippen molar-refractivity contribution in [2.45, 2.75) is 25.0 Å². The summed E-state index contributed by atoms with van der Waals surface area (Å²) < 4.78 is 0. The molecule has 8 heteroatoms. The fourth-order valence-corrected chi connectivity index (χ4v) is 4.10. The topological polar surface area (TPSA) is 98.3 Å². The van der Waals surface area contributed by atoms with Crippen LogP contribution in [0.1, 0.15) is 21.7 Å². The third kappa shape index (κ3) is 6.26. The van der Waals surface area contributed by atoms with E-state index < -0.39 is 24.0 Å². The number of amides is 2. The van der Waals surface area contributed by atoms with E-state index in [1.54, 1.807) is 37.5 Å². The molecule has 3 N–H and O–H groups in total. The zero-order valence-corrected chi connectivity index (χ0v) is 20.1. The minimum Gasteiger partial charge on any atom is -0.381 e. The maximum absolute atomic E-state index is 13.1. The SMILES string of the molecule is CN(CCc1ccccn1)C(=O)[C@H](O)[C@H](Cc1ccccc1)NC(=O)c1cc2cc(Cl)ccc2[nH]1. The fourth-order valence-electron chi connectivity index (χ4n) is 3.92. The van der Waals surface area contributed by atoms with E-state index in [0.29, 0.717) is 30.1 Å². The van der Waals surface area contributed by atoms with Crippen LogP contribution in [0.3, 0.4) is 0 Å². The highest BCUT2D eigenvalue weighted by atomic mass is 35.5. The highest BCUT2D eigenvalue weighted by Gasteiger charge is 2.30. The first-order chi connectivity index (χ1) is 16.9. The van der Waals surface area contributed by atoms with E-state index in [1.807, 2.05) is 48.5 Å². The van der Waals surface area contributed by atoms with Gasteiger partial charge in [-0.05, 0) is 48.4 Å². The van der Waals surface area contributed by atoms with Gasteiger partial charge in [0, 0.05) is 47.8 Å². The number of aromatic amines is 1. The van der Waals surface area contributed by atoms with Gasteiger partial charge < -0.3 is 20.3 Å². The average molecular weight is 491 g/mol. The maximum Gasteiger partial charge on any atom is 0.268 e.